The fourth-order valence-electron chi connectivity index (χ4n) is 3.25. The summed E-state index contributed by atoms with van der Waals surface area (Å²) in [6, 6.07) is 2.40. The van der Waals surface area contributed by atoms with Gasteiger partial charge in [-0.25, -0.2) is 0 Å². The molecule has 2 N–H and O–H groups in total. The summed E-state index contributed by atoms with van der Waals surface area (Å²) in [5, 5.41) is 14.2. The molecule has 0 spiro atoms. The summed E-state index contributed by atoms with van der Waals surface area (Å²) in [7, 11) is 1.62. The van der Waals surface area contributed by atoms with Crippen molar-refractivity contribution in [1.82, 2.24) is 5.32 Å². The number of nitrogens with one attached hydrogen (secondary N) is 1. The van der Waals surface area contributed by atoms with Crippen LogP contribution >= 0.6 is 0 Å². The number of methoxy groups -OCH3 is 1. The molecule has 3 heteroatoms. The maximum atomic E-state index is 10.6. The quantitative estimate of drug-likeness (QED) is 0.887. The van der Waals surface area contributed by atoms with E-state index in [1.54, 1.807) is 7.11 Å². The van der Waals surface area contributed by atoms with Crippen LogP contribution in [0, 0.1) is 18.8 Å². The van der Waals surface area contributed by atoms with E-state index in [-0.39, 0.29) is 6.04 Å². The first kappa shape index (κ1) is 15.2. The third kappa shape index (κ3) is 2.64. The molecule has 1 aromatic carbocycles. The van der Waals surface area contributed by atoms with Gasteiger partial charge in [-0.15, -0.1) is 0 Å². The highest BCUT2D eigenvalue weighted by atomic mass is 16.5. The topological polar surface area (TPSA) is 41.5 Å². The molecule has 20 heavy (non-hydrogen) atoms. The van der Waals surface area contributed by atoms with Crippen LogP contribution in [-0.4, -0.2) is 18.8 Å². The third-order valence-corrected chi connectivity index (χ3v) is 4.58. The van der Waals surface area contributed by atoms with E-state index >= 15 is 0 Å². The number of ether oxygens (including phenoxy) is 1. The molecule has 1 aliphatic rings. The highest BCUT2D eigenvalue weighted by molar-refractivity contribution is 5.56. The van der Waals surface area contributed by atoms with Crippen molar-refractivity contribution in [3.63, 3.8) is 0 Å². The van der Waals surface area contributed by atoms with Gasteiger partial charge in [0.05, 0.1) is 7.11 Å². The Hall–Kier alpha value is -1.22. The van der Waals surface area contributed by atoms with E-state index < -0.39 is 0 Å². The molecular weight excluding hydrogens is 250 g/mol. The highest BCUT2D eigenvalue weighted by Crippen LogP contribution is 2.42. The summed E-state index contributed by atoms with van der Waals surface area (Å²) in [5.74, 6) is 2.19. The third-order valence-electron chi connectivity index (χ3n) is 4.58. The van der Waals surface area contributed by atoms with Crippen molar-refractivity contribution in [3.05, 3.63) is 22.8 Å². The van der Waals surface area contributed by atoms with Gasteiger partial charge in [-0.1, -0.05) is 26.8 Å². The van der Waals surface area contributed by atoms with Gasteiger partial charge in [0.25, 0.3) is 0 Å². The number of fused-ring (bicyclic) bond motifs is 1. The number of hydrogen-bond donors (Lipinski definition) is 2. The predicted octanol–water partition coefficient (Wildman–Crippen LogP) is 3.58. The number of rotatable bonds is 3. The van der Waals surface area contributed by atoms with Gasteiger partial charge in [0, 0.05) is 11.6 Å². The Morgan fingerprint density at radius 2 is 2.15 bits per heavy atom. The Morgan fingerprint density at radius 1 is 1.45 bits per heavy atom. The molecule has 0 fully saturated rings. The zero-order valence-electron chi connectivity index (χ0n) is 13.3. The first-order valence-electron chi connectivity index (χ1n) is 7.62. The van der Waals surface area contributed by atoms with Crippen LogP contribution in [-0.2, 0) is 6.42 Å². The number of phenolic OH excluding ortho intramolecular Hbond substituents is 1. The Labute approximate surface area is 122 Å². The first-order chi connectivity index (χ1) is 9.49. The van der Waals surface area contributed by atoms with Crippen LogP contribution in [0.4, 0.5) is 0 Å². The molecule has 2 atom stereocenters. The van der Waals surface area contributed by atoms with Gasteiger partial charge in [0.15, 0.2) is 11.5 Å². The Bertz CT molecular complexity index is 482. The molecule has 0 saturated heterocycles. The minimum Gasteiger partial charge on any atom is -0.504 e. The van der Waals surface area contributed by atoms with E-state index in [4.69, 9.17) is 4.74 Å². The maximum Gasteiger partial charge on any atom is 0.163 e. The minimum atomic E-state index is 0.211. The lowest BCUT2D eigenvalue weighted by molar-refractivity contribution is 0.349. The molecule has 0 aliphatic carbocycles. The molecule has 0 radical (unpaired) electrons. The van der Waals surface area contributed by atoms with Gasteiger partial charge in [-0.2, -0.15) is 0 Å². The van der Waals surface area contributed by atoms with Gasteiger partial charge >= 0.3 is 0 Å². The molecule has 0 bridgehead atoms. The lowest BCUT2D eigenvalue weighted by Gasteiger charge is -2.21. The maximum absolute atomic E-state index is 10.6. The number of phenols is 1. The van der Waals surface area contributed by atoms with E-state index in [0.717, 1.165) is 30.5 Å². The molecule has 0 aromatic heterocycles. The monoisotopic (exact) mass is 277 g/mol. The molecule has 2 unspecified atom stereocenters. The standard InChI is InChI=1S/C17H27NO2/c1-6-14-15-12(8-13(9-18-14)10(2)3)7-11(4)17(20-5)16(15)19/h7,10,13-14,18-19H,6,8-9H2,1-5H3. The van der Waals surface area contributed by atoms with Crippen LogP contribution in [0.25, 0.3) is 0 Å². The molecule has 3 nitrogen and oxygen atoms in total. The molecule has 1 heterocycles. The zero-order valence-corrected chi connectivity index (χ0v) is 13.3. The van der Waals surface area contributed by atoms with Crippen molar-refractivity contribution in [2.45, 2.75) is 46.6 Å². The van der Waals surface area contributed by atoms with Crippen molar-refractivity contribution < 1.29 is 9.84 Å². The predicted molar refractivity (Wildman–Crippen MR) is 82.5 cm³/mol. The SMILES string of the molecule is CCC1NCC(C(C)C)Cc2cc(C)c(OC)c(O)c21. The largest absolute Gasteiger partial charge is 0.504 e. The molecular formula is C17H27NO2. The van der Waals surface area contributed by atoms with E-state index in [0.29, 0.717) is 23.3 Å². The summed E-state index contributed by atoms with van der Waals surface area (Å²) in [6.45, 7) is 9.71. The number of hydrogen-bond acceptors (Lipinski definition) is 3. The summed E-state index contributed by atoms with van der Waals surface area (Å²) in [5.41, 5.74) is 3.33. The Kier molecular flexibility index (Phi) is 4.59. The van der Waals surface area contributed by atoms with Crippen LogP contribution in [0.1, 0.15) is 49.9 Å². The first-order valence-corrected chi connectivity index (χ1v) is 7.62. The lowest BCUT2D eigenvalue weighted by Crippen LogP contribution is -2.27. The van der Waals surface area contributed by atoms with Crippen LogP contribution in [0.2, 0.25) is 0 Å². The van der Waals surface area contributed by atoms with Crippen molar-refractivity contribution in [2.24, 2.45) is 11.8 Å². The average molecular weight is 277 g/mol. The Balaban J connectivity index is 2.54. The Morgan fingerprint density at radius 3 is 2.70 bits per heavy atom. The van der Waals surface area contributed by atoms with Gasteiger partial charge in [-0.3, -0.25) is 0 Å². The molecule has 112 valence electrons. The van der Waals surface area contributed by atoms with Crippen molar-refractivity contribution in [3.8, 4) is 11.5 Å². The van der Waals surface area contributed by atoms with E-state index in [1.807, 2.05) is 6.92 Å². The molecule has 0 saturated carbocycles. The van der Waals surface area contributed by atoms with Crippen molar-refractivity contribution in [2.75, 3.05) is 13.7 Å². The van der Waals surface area contributed by atoms with Crippen LogP contribution < -0.4 is 10.1 Å². The van der Waals surface area contributed by atoms with Gasteiger partial charge in [0.2, 0.25) is 0 Å². The summed E-state index contributed by atoms with van der Waals surface area (Å²) >= 11 is 0. The van der Waals surface area contributed by atoms with Crippen molar-refractivity contribution >= 4 is 0 Å². The average Bonchev–Trinajstić information content (AvgIpc) is 2.58. The minimum absolute atomic E-state index is 0.211. The summed E-state index contributed by atoms with van der Waals surface area (Å²) in [4.78, 5) is 0. The number of aryl methyl sites for hydroxylation is 1. The molecule has 1 aliphatic heterocycles. The zero-order chi connectivity index (χ0) is 14.9. The van der Waals surface area contributed by atoms with E-state index in [2.05, 4.69) is 32.2 Å². The summed E-state index contributed by atoms with van der Waals surface area (Å²) < 4.78 is 5.37. The van der Waals surface area contributed by atoms with E-state index in [1.165, 1.54) is 5.56 Å². The molecule has 2 rings (SSSR count). The molecule has 1 aromatic rings. The second-order valence-corrected chi connectivity index (χ2v) is 6.23. The smallest absolute Gasteiger partial charge is 0.163 e. The van der Waals surface area contributed by atoms with Gasteiger partial charge in [0.1, 0.15) is 0 Å². The highest BCUT2D eigenvalue weighted by Gasteiger charge is 2.28. The number of benzene rings is 1. The van der Waals surface area contributed by atoms with Gasteiger partial charge < -0.3 is 15.2 Å². The lowest BCUT2D eigenvalue weighted by atomic mass is 9.87. The summed E-state index contributed by atoms with van der Waals surface area (Å²) in [6.07, 6.45) is 1.99. The van der Waals surface area contributed by atoms with Gasteiger partial charge in [-0.05, 0) is 49.3 Å². The second kappa shape index (κ2) is 6.04. The van der Waals surface area contributed by atoms with E-state index in [9.17, 15) is 5.11 Å². The van der Waals surface area contributed by atoms with Crippen molar-refractivity contribution in [1.29, 1.82) is 0 Å². The second-order valence-electron chi connectivity index (χ2n) is 6.23. The molecule has 0 amide bonds. The normalized spacial score (nSPS) is 22.5. The number of aromatic hydroxyl groups is 1. The van der Waals surface area contributed by atoms with Crippen LogP contribution in [0.15, 0.2) is 6.07 Å². The van der Waals surface area contributed by atoms with Crippen LogP contribution in [0.5, 0.6) is 11.5 Å². The fraction of sp³-hybridized carbons (Fsp3) is 0.647. The fourth-order valence-corrected chi connectivity index (χ4v) is 3.25. The van der Waals surface area contributed by atoms with Crippen LogP contribution in [0.3, 0.4) is 0 Å².